The third-order valence-electron chi connectivity index (χ3n) is 6.24. The maximum atomic E-state index is 14.1. The number of hydrogen-bond acceptors (Lipinski definition) is 5. The molecule has 1 saturated carbocycles. The van der Waals surface area contributed by atoms with Gasteiger partial charge in [-0.2, -0.15) is 5.26 Å². The molecule has 32 heavy (non-hydrogen) atoms. The Balaban J connectivity index is 1.43. The molecule has 5 rings (SSSR count). The molecule has 1 saturated heterocycles. The zero-order valence-electron chi connectivity index (χ0n) is 17.5. The lowest BCUT2D eigenvalue weighted by Crippen LogP contribution is -2.43. The van der Waals surface area contributed by atoms with Gasteiger partial charge in [-0.3, -0.25) is 4.98 Å². The predicted molar refractivity (Wildman–Crippen MR) is 122 cm³/mol. The predicted octanol–water partition coefficient (Wildman–Crippen LogP) is 4.28. The van der Waals surface area contributed by atoms with Crippen LogP contribution in [0.1, 0.15) is 31.2 Å². The molecule has 1 aliphatic heterocycles. The largest absolute Gasteiger partial charge is 0.382 e. The molecule has 0 bridgehead atoms. The summed E-state index contributed by atoms with van der Waals surface area (Å²) in [5.41, 5.74) is 2.58. The van der Waals surface area contributed by atoms with Crippen molar-refractivity contribution in [3.8, 4) is 17.2 Å². The zero-order chi connectivity index (χ0) is 22.3. The van der Waals surface area contributed by atoms with E-state index in [2.05, 4.69) is 10.3 Å². The third kappa shape index (κ3) is 4.06. The molecular formula is C24H23FN4O2S. The number of nitrogens with zero attached hydrogens (tertiary/aromatic N) is 3. The lowest BCUT2D eigenvalue weighted by Gasteiger charge is -2.32. The van der Waals surface area contributed by atoms with E-state index in [1.54, 1.807) is 22.8 Å². The quantitative estimate of drug-likeness (QED) is 0.627. The van der Waals surface area contributed by atoms with E-state index >= 15 is 0 Å². The second kappa shape index (κ2) is 8.15. The summed E-state index contributed by atoms with van der Waals surface area (Å²) in [5.74, 6) is -0.451. The fraction of sp³-hybridized carbons (Fsp3) is 0.333. The van der Waals surface area contributed by atoms with E-state index in [9.17, 15) is 18.1 Å². The van der Waals surface area contributed by atoms with Crippen LogP contribution in [0.4, 0.5) is 10.1 Å². The van der Waals surface area contributed by atoms with E-state index < -0.39 is 15.8 Å². The molecule has 0 spiro atoms. The van der Waals surface area contributed by atoms with Crippen LogP contribution >= 0.6 is 0 Å². The number of nitriles is 1. The molecule has 2 aromatic carbocycles. The smallest absolute Gasteiger partial charge is 0.216 e. The molecule has 0 amide bonds. The minimum absolute atomic E-state index is 0.126. The Morgan fingerprint density at radius 2 is 1.81 bits per heavy atom. The van der Waals surface area contributed by atoms with E-state index in [0.717, 1.165) is 47.7 Å². The molecule has 2 heterocycles. The van der Waals surface area contributed by atoms with Gasteiger partial charge in [-0.25, -0.2) is 17.1 Å². The van der Waals surface area contributed by atoms with Crippen molar-refractivity contribution < 1.29 is 12.8 Å². The summed E-state index contributed by atoms with van der Waals surface area (Å²) in [7, 11) is -3.14. The second-order valence-corrected chi connectivity index (χ2v) is 10.7. The first-order chi connectivity index (χ1) is 15.4. The number of rotatable bonds is 5. The molecule has 0 radical (unpaired) electrons. The van der Waals surface area contributed by atoms with Gasteiger partial charge in [0.2, 0.25) is 10.0 Å². The van der Waals surface area contributed by atoms with Crippen LogP contribution in [-0.2, 0) is 10.0 Å². The van der Waals surface area contributed by atoms with Crippen molar-refractivity contribution in [2.24, 2.45) is 0 Å². The van der Waals surface area contributed by atoms with Gasteiger partial charge in [0.1, 0.15) is 5.82 Å². The summed E-state index contributed by atoms with van der Waals surface area (Å²) in [6.45, 7) is 1.03. The van der Waals surface area contributed by atoms with Crippen molar-refractivity contribution >= 4 is 26.5 Å². The van der Waals surface area contributed by atoms with Gasteiger partial charge in [0.15, 0.2) is 0 Å². The number of benzene rings is 2. The topological polar surface area (TPSA) is 86.1 Å². The van der Waals surface area contributed by atoms with Gasteiger partial charge in [0, 0.05) is 42.6 Å². The summed E-state index contributed by atoms with van der Waals surface area (Å²) >= 11 is 0. The highest BCUT2D eigenvalue weighted by Crippen LogP contribution is 2.35. The van der Waals surface area contributed by atoms with Crippen molar-refractivity contribution in [3.05, 3.63) is 60.2 Å². The molecule has 6 nitrogen and oxygen atoms in total. The molecule has 0 unspecified atom stereocenters. The number of aromatic nitrogens is 1. The Labute approximate surface area is 186 Å². The lowest BCUT2D eigenvalue weighted by molar-refractivity contribution is 0.329. The SMILES string of the molecule is N#Cc1cc(F)cc(-c2cc(NC3CCN(S(=O)(=O)C4CC4)CC3)c3cnccc3c2)c1. The monoisotopic (exact) mass is 450 g/mol. The highest BCUT2D eigenvalue weighted by atomic mass is 32.2. The van der Waals surface area contributed by atoms with Crippen LogP contribution in [0.15, 0.2) is 48.8 Å². The van der Waals surface area contributed by atoms with Crippen LogP contribution in [-0.4, -0.2) is 42.1 Å². The third-order valence-corrected chi connectivity index (χ3v) is 8.63. The number of anilines is 1. The van der Waals surface area contributed by atoms with Crippen molar-refractivity contribution in [1.29, 1.82) is 5.26 Å². The van der Waals surface area contributed by atoms with Crippen molar-refractivity contribution in [2.45, 2.75) is 37.0 Å². The first-order valence-corrected chi connectivity index (χ1v) is 12.3. The number of nitrogens with one attached hydrogen (secondary N) is 1. The molecule has 0 atom stereocenters. The molecule has 1 N–H and O–H groups in total. The van der Waals surface area contributed by atoms with Crippen LogP contribution in [0, 0.1) is 17.1 Å². The van der Waals surface area contributed by atoms with Gasteiger partial charge < -0.3 is 5.32 Å². The Morgan fingerprint density at radius 3 is 2.53 bits per heavy atom. The van der Waals surface area contributed by atoms with Crippen LogP contribution < -0.4 is 5.32 Å². The Bertz CT molecular complexity index is 1320. The standard InChI is InChI=1S/C24H23FN4O2S/c25-20-10-16(14-26)9-18(12-20)19-11-17-3-6-27-15-23(17)24(13-19)28-21-4-7-29(8-5-21)32(30,31)22-1-2-22/h3,6,9-13,15,21-22,28H,1-2,4-5,7-8H2. The number of hydrogen-bond donors (Lipinski definition) is 1. The van der Waals surface area contributed by atoms with Crippen LogP contribution in [0.25, 0.3) is 21.9 Å². The van der Waals surface area contributed by atoms with Crippen molar-refractivity contribution in [1.82, 2.24) is 9.29 Å². The maximum Gasteiger partial charge on any atom is 0.216 e. The first kappa shape index (κ1) is 20.9. The highest BCUT2D eigenvalue weighted by Gasteiger charge is 2.41. The minimum atomic E-state index is -3.14. The number of pyridine rings is 1. The van der Waals surface area contributed by atoms with E-state index in [-0.39, 0.29) is 16.9 Å². The Morgan fingerprint density at radius 1 is 1.06 bits per heavy atom. The number of fused-ring (bicyclic) bond motifs is 1. The zero-order valence-corrected chi connectivity index (χ0v) is 18.3. The van der Waals surface area contributed by atoms with Crippen LogP contribution in [0.5, 0.6) is 0 Å². The Hall–Kier alpha value is -3.02. The molecule has 164 valence electrons. The summed E-state index contributed by atoms with van der Waals surface area (Å²) in [6, 6.07) is 12.3. The molecule has 3 aromatic rings. The number of piperidine rings is 1. The van der Waals surface area contributed by atoms with Crippen LogP contribution in [0.2, 0.25) is 0 Å². The van der Waals surface area contributed by atoms with E-state index in [1.165, 1.54) is 12.1 Å². The fourth-order valence-corrected chi connectivity index (χ4v) is 6.23. The summed E-state index contributed by atoms with van der Waals surface area (Å²) in [5, 5.41) is 14.5. The average molecular weight is 451 g/mol. The van der Waals surface area contributed by atoms with Gasteiger partial charge in [-0.1, -0.05) is 0 Å². The van der Waals surface area contributed by atoms with Gasteiger partial charge in [-0.15, -0.1) is 0 Å². The maximum absolute atomic E-state index is 14.1. The molecule has 2 aliphatic rings. The molecular weight excluding hydrogens is 427 g/mol. The number of sulfonamides is 1. The summed E-state index contributed by atoms with van der Waals surface area (Å²) < 4.78 is 40.7. The Kier molecular flexibility index (Phi) is 5.31. The molecule has 2 fully saturated rings. The van der Waals surface area contributed by atoms with Gasteiger partial charge in [-0.05, 0) is 78.6 Å². The highest BCUT2D eigenvalue weighted by molar-refractivity contribution is 7.90. The first-order valence-electron chi connectivity index (χ1n) is 10.8. The van der Waals surface area contributed by atoms with Crippen molar-refractivity contribution in [3.63, 3.8) is 0 Å². The van der Waals surface area contributed by atoms with Gasteiger partial charge in [0.05, 0.1) is 16.9 Å². The fourth-order valence-electron chi connectivity index (χ4n) is 4.36. The minimum Gasteiger partial charge on any atom is -0.382 e. The molecule has 1 aliphatic carbocycles. The normalized spacial score (nSPS) is 17.9. The number of halogens is 1. The molecule has 8 heteroatoms. The van der Waals surface area contributed by atoms with E-state index in [1.807, 2.05) is 24.3 Å². The molecule has 1 aromatic heterocycles. The summed E-state index contributed by atoms with van der Waals surface area (Å²) in [6.07, 6.45) is 6.50. The summed E-state index contributed by atoms with van der Waals surface area (Å²) in [4.78, 5) is 4.25. The average Bonchev–Trinajstić information content (AvgIpc) is 3.65. The van der Waals surface area contributed by atoms with E-state index in [4.69, 9.17) is 0 Å². The van der Waals surface area contributed by atoms with Crippen molar-refractivity contribution in [2.75, 3.05) is 18.4 Å². The lowest BCUT2D eigenvalue weighted by atomic mass is 9.98. The van der Waals surface area contributed by atoms with Gasteiger partial charge in [0.25, 0.3) is 0 Å². The van der Waals surface area contributed by atoms with Gasteiger partial charge >= 0.3 is 0 Å². The second-order valence-electron chi connectivity index (χ2n) is 8.52. The van der Waals surface area contributed by atoms with Crippen LogP contribution in [0.3, 0.4) is 0 Å². The van der Waals surface area contributed by atoms with E-state index in [0.29, 0.717) is 18.7 Å².